The molecule has 34 heavy (non-hydrogen) atoms. The number of amides is 2. The molecule has 0 saturated heterocycles. The summed E-state index contributed by atoms with van der Waals surface area (Å²) >= 11 is 0. The molecule has 8 nitrogen and oxygen atoms in total. The maximum atomic E-state index is 14.1. The number of aryl methyl sites for hydroxylation is 1. The molecule has 0 aliphatic rings. The van der Waals surface area contributed by atoms with Crippen molar-refractivity contribution in [3.8, 4) is 0 Å². The quantitative estimate of drug-likeness (QED) is 0.305. The Kier molecular flexibility index (Phi) is 7.37. The van der Waals surface area contributed by atoms with Crippen molar-refractivity contribution in [2.45, 2.75) is 6.92 Å². The van der Waals surface area contributed by atoms with Gasteiger partial charge in [0, 0.05) is 31.9 Å². The molecule has 0 aromatic heterocycles. The van der Waals surface area contributed by atoms with Gasteiger partial charge in [-0.15, -0.1) is 0 Å². The first kappa shape index (κ1) is 24.1. The molecule has 0 radical (unpaired) electrons. The highest BCUT2D eigenvalue weighted by Crippen LogP contribution is 2.23. The van der Waals surface area contributed by atoms with Gasteiger partial charge in [0.05, 0.1) is 16.2 Å². The molecule has 0 saturated carbocycles. The van der Waals surface area contributed by atoms with Gasteiger partial charge < -0.3 is 15.5 Å². The summed E-state index contributed by atoms with van der Waals surface area (Å²) in [5, 5.41) is 16.2. The Bertz CT molecular complexity index is 1270. The number of carbonyl (C=O) groups excluding carboxylic acids is 2. The first-order valence-electron chi connectivity index (χ1n) is 10.3. The normalized spacial score (nSPS) is 11.0. The summed E-state index contributed by atoms with van der Waals surface area (Å²) < 4.78 is 14.1. The molecule has 0 bridgehead atoms. The molecule has 0 unspecified atom stereocenters. The fraction of sp³-hybridized carbons (Fsp3) is 0.120. The number of rotatable bonds is 7. The Morgan fingerprint density at radius 1 is 1.03 bits per heavy atom. The van der Waals surface area contributed by atoms with Crippen molar-refractivity contribution in [2.24, 2.45) is 0 Å². The lowest BCUT2D eigenvalue weighted by Crippen LogP contribution is -2.31. The number of hydrogen-bond donors (Lipinski definition) is 2. The number of benzene rings is 3. The summed E-state index contributed by atoms with van der Waals surface area (Å²) in [4.78, 5) is 38.3. The molecule has 3 aromatic carbocycles. The molecule has 0 fully saturated rings. The smallest absolute Gasteiger partial charge is 0.272 e. The number of anilines is 2. The first-order chi connectivity index (χ1) is 16.2. The van der Waals surface area contributed by atoms with Crippen molar-refractivity contribution in [1.82, 2.24) is 5.32 Å². The second-order valence-electron chi connectivity index (χ2n) is 7.69. The third kappa shape index (κ3) is 5.83. The Hall–Kier alpha value is -4.53. The lowest BCUT2D eigenvalue weighted by molar-refractivity contribution is -0.384. The second-order valence-corrected chi connectivity index (χ2v) is 7.69. The third-order valence-corrected chi connectivity index (χ3v) is 5.01. The summed E-state index contributed by atoms with van der Waals surface area (Å²) in [5.74, 6) is -2.25. The molecule has 0 aliphatic heterocycles. The van der Waals surface area contributed by atoms with Gasteiger partial charge in [0.1, 0.15) is 11.5 Å². The van der Waals surface area contributed by atoms with Crippen LogP contribution in [0.15, 0.2) is 72.4 Å². The van der Waals surface area contributed by atoms with E-state index >= 15 is 0 Å². The van der Waals surface area contributed by atoms with Crippen molar-refractivity contribution in [1.29, 1.82) is 0 Å². The zero-order valence-corrected chi connectivity index (χ0v) is 18.8. The van der Waals surface area contributed by atoms with Gasteiger partial charge in [-0.1, -0.05) is 30.3 Å². The van der Waals surface area contributed by atoms with Crippen LogP contribution in [-0.4, -0.2) is 30.8 Å². The Balaban J connectivity index is 1.96. The molecule has 0 spiro atoms. The van der Waals surface area contributed by atoms with E-state index in [-0.39, 0.29) is 22.6 Å². The predicted molar refractivity (Wildman–Crippen MR) is 129 cm³/mol. The largest absolute Gasteiger partial charge is 0.378 e. The van der Waals surface area contributed by atoms with Crippen molar-refractivity contribution >= 4 is 35.0 Å². The highest BCUT2D eigenvalue weighted by Gasteiger charge is 2.19. The zero-order valence-electron chi connectivity index (χ0n) is 18.8. The van der Waals surface area contributed by atoms with Gasteiger partial charge in [-0.2, -0.15) is 0 Å². The van der Waals surface area contributed by atoms with Crippen molar-refractivity contribution in [3.63, 3.8) is 0 Å². The SMILES string of the molecule is Cc1ccc([N+](=O)[O-])cc1NC(=O)/C(=C/c1ccc(N(C)C)cc1)NC(=O)c1ccccc1F. The van der Waals surface area contributed by atoms with Gasteiger partial charge in [0.15, 0.2) is 0 Å². The van der Waals surface area contributed by atoms with Gasteiger partial charge in [-0.05, 0) is 48.4 Å². The van der Waals surface area contributed by atoms with E-state index in [1.54, 1.807) is 19.1 Å². The van der Waals surface area contributed by atoms with E-state index in [9.17, 15) is 24.1 Å². The van der Waals surface area contributed by atoms with E-state index in [2.05, 4.69) is 10.6 Å². The number of halogens is 1. The molecular formula is C25H23FN4O4. The summed E-state index contributed by atoms with van der Waals surface area (Å²) in [6.07, 6.45) is 1.44. The monoisotopic (exact) mass is 462 g/mol. The number of carbonyl (C=O) groups is 2. The van der Waals surface area contributed by atoms with E-state index in [0.717, 1.165) is 11.8 Å². The Morgan fingerprint density at radius 3 is 2.32 bits per heavy atom. The van der Waals surface area contributed by atoms with Gasteiger partial charge in [0.25, 0.3) is 17.5 Å². The van der Waals surface area contributed by atoms with Crippen LogP contribution in [0.1, 0.15) is 21.5 Å². The molecule has 3 rings (SSSR count). The average molecular weight is 462 g/mol. The van der Waals surface area contributed by atoms with Crippen LogP contribution < -0.4 is 15.5 Å². The Labute approximate surface area is 195 Å². The standard InChI is InChI=1S/C25H23FN4O4/c1-16-8-11-19(30(33)34)15-22(16)27-25(32)23(14-17-9-12-18(13-10-17)29(2)3)28-24(31)20-6-4-5-7-21(20)26/h4-15H,1-3H3,(H,27,32)(H,28,31)/b23-14-. The Morgan fingerprint density at radius 2 is 1.71 bits per heavy atom. The number of nitro groups is 1. The number of hydrogen-bond acceptors (Lipinski definition) is 5. The lowest BCUT2D eigenvalue weighted by Gasteiger charge is -2.14. The van der Waals surface area contributed by atoms with Crippen LogP contribution in [0, 0.1) is 22.9 Å². The maximum absolute atomic E-state index is 14.1. The van der Waals surface area contributed by atoms with Gasteiger partial charge in [0.2, 0.25) is 0 Å². The van der Waals surface area contributed by atoms with E-state index in [1.807, 2.05) is 31.1 Å². The number of nitrogens with one attached hydrogen (secondary N) is 2. The first-order valence-corrected chi connectivity index (χ1v) is 10.3. The summed E-state index contributed by atoms with van der Waals surface area (Å²) in [6.45, 7) is 1.68. The molecule has 0 aliphatic carbocycles. The molecule has 174 valence electrons. The summed E-state index contributed by atoms with van der Waals surface area (Å²) in [5.41, 5.74) is 1.78. The molecule has 2 N–H and O–H groups in total. The van der Waals surface area contributed by atoms with Crippen molar-refractivity contribution in [3.05, 3.63) is 105 Å². The highest BCUT2D eigenvalue weighted by molar-refractivity contribution is 6.11. The molecule has 9 heteroatoms. The molecular weight excluding hydrogens is 439 g/mol. The van der Waals surface area contributed by atoms with E-state index in [4.69, 9.17) is 0 Å². The average Bonchev–Trinajstić information content (AvgIpc) is 2.80. The molecule has 0 heterocycles. The van der Waals surface area contributed by atoms with Crippen molar-refractivity contribution < 1.29 is 18.9 Å². The summed E-state index contributed by atoms with van der Waals surface area (Å²) in [6, 6.07) is 16.7. The van der Waals surface area contributed by atoms with Gasteiger partial charge >= 0.3 is 0 Å². The lowest BCUT2D eigenvalue weighted by atomic mass is 10.1. The molecule has 3 aromatic rings. The van der Waals surface area contributed by atoms with Gasteiger partial charge in [-0.25, -0.2) is 4.39 Å². The topological polar surface area (TPSA) is 105 Å². The van der Waals surface area contributed by atoms with Crippen LogP contribution in [0.4, 0.5) is 21.5 Å². The highest BCUT2D eigenvalue weighted by atomic mass is 19.1. The minimum atomic E-state index is -0.805. The number of nitrogens with zero attached hydrogens (tertiary/aromatic N) is 2. The van der Waals surface area contributed by atoms with E-state index in [0.29, 0.717) is 11.1 Å². The van der Waals surface area contributed by atoms with Crippen LogP contribution >= 0.6 is 0 Å². The van der Waals surface area contributed by atoms with Crippen molar-refractivity contribution in [2.75, 3.05) is 24.3 Å². The second kappa shape index (κ2) is 10.4. The van der Waals surface area contributed by atoms with Crippen LogP contribution in [-0.2, 0) is 4.79 Å². The van der Waals surface area contributed by atoms with E-state index in [1.165, 1.54) is 42.5 Å². The molecule has 0 atom stereocenters. The molecule has 2 amide bonds. The zero-order chi connectivity index (χ0) is 24.8. The van der Waals surface area contributed by atoms with Crippen LogP contribution in [0.3, 0.4) is 0 Å². The van der Waals surface area contributed by atoms with Gasteiger partial charge in [-0.3, -0.25) is 19.7 Å². The fourth-order valence-electron chi connectivity index (χ4n) is 3.08. The minimum Gasteiger partial charge on any atom is -0.378 e. The van der Waals surface area contributed by atoms with Crippen LogP contribution in [0.5, 0.6) is 0 Å². The van der Waals surface area contributed by atoms with E-state index < -0.39 is 22.6 Å². The summed E-state index contributed by atoms with van der Waals surface area (Å²) in [7, 11) is 3.78. The predicted octanol–water partition coefficient (Wildman–Crippen LogP) is 4.52. The number of non-ortho nitro benzene ring substituents is 1. The number of nitro benzene ring substituents is 1. The van der Waals surface area contributed by atoms with Crippen LogP contribution in [0.25, 0.3) is 6.08 Å². The maximum Gasteiger partial charge on any atom is 0.272 e. The third-order valence-electron chi connectivity index (χ3n) is 5.01. The minimum absolute atomic E-state index is 0.156. The fourth-order valence-corrected chi connectivity index (χ4v) is 3.08. The van der Waals surface area contributed by atoms with Crippen LogP contribution in [0.2, 0.25) is 0 Å².